The third kappa shape index (κ3) is 4.23. The van der Waals surface area contributed by atoms with E-state index in [0.717, 1.165) is 44.7 Å². The van der Waals surface area contributed by atoms with E-state index >= 15 is 0 Å². The first-order chi connectivity index (χ1) is 10.6. The van der Waals surface area contributed by atoms with Crippen LogP contribution in [0.4, 0.5) is 0 Å². The van der Waals surface area contributed by atoms with Crippen molar-refractivity contribution in [2.45, 2.75) is 94.7 Å². The summed E-state index contributed by atoms with van der Waals surface area (Å²) in [6.07, 6.45) is 13.1. The first-order valence-electron chi connectivity index (χ1n) is 9.40. The average molecular weight is 308 g/mol. The first-order valence-corrected chi connectivity index (χ1v) is 9.40. The summed E-state index contributed by atoms with van der Waals surface area (Å²) in [7, 11) is 0. The molecule has 0 aromatic carbocycles. The maximum Gasteiger partial charge on any atom is 0.223 e. The Labute approximate surface area is 134 Å². The van der Waals surface area contributed by atoms with Gasteiger partial charge in [-0.3, -0.25) is 9.69 Å². The zero-order valence-electron chi connectivity index (χ0n) is 13.9. The van der Waals surface area contributed by atoms with Crippen molar-refractivity contribution in [3.63, 3.8) is 0 Å². The van der Waals surface area contributed by atoms with Gasteiger partial charge in [0, 0.05) is 18.6 Å². The van der Waals surface area contributed by atoms with Gasteiger partial charge in [-0.05, 0) is 45.1 Å². The van der Waals surface area contributed by atoms with Crippen LogP contribution in [0.15, 0.2) is 0 Å². The molecular weight excluding hydrogens is 276 g/mol. The summed E-state index contributed by atoms with van der Waals surface area (Å²) in [6.45, 7) is 2.20. The summed E-state index contributed by atoms with van der Waals surface area (Å²) in [5.74, 6) is 0.0555. The van der Waals surface area contributed by atoms with Crippen molar-refractivity contribution < 1.29 is 9.90 Å². The summed E-state index contributed by atoms with van der Waals surface area (Å²) in [6, 6.07) is 1.03. The summed E-state index contributed by atoms with van der Waals surface area (Å²) >= 11 is 0. The Bertz CT molecular complexity index is 373. The molecule has 1 amide bonds. The van der Waals surface area contributed by atoms with Crippen molar-refractivity contribution in [3.8, 4) is 0 Å². The highest BCUT2D eigenvalue weighted by molar-refractivity contribution is 5.77. The molecule has 1 unspecified atom stereocenters. The molecule has 3 rings (SSSR count). The number of likely N-dealkylation sites (tertiary alicyclic amines) is 1. The number of hydrogen-bond donors (Lipinski definition) is 2. The van der Waals surface area contributed by atoms with E-state index < -0.39 is 5.60 Å². The lowest BCUT2D eigenvalue weighted by molar-refractivity contribution is -0.127. The van der Waals surface area contributed by atoms with Gasteiger partial charge in [0.15, 0.2) is 0 Å². The largest absolute Gasteiger partial charge is 0.389 e. The molecule has 0 radical (unpaired) electrons. The molecule has 4 heteroatoms. The fraction of sp³-hybridized carbons (Fsp3) is 0.944. The third-order valence-corrected chi connectivity index (χ3v) is 5.93. The Balaban J connectivity index is 1.46. The van der Waals surface area contributed by atoms with Crippen molar-refractivity contribution in [2.24, 2.45) is 0 Å². The number of carbonyl (C=O) groups is 1. The van der Waals surface area contributed by atoms with Crippen molar-refractivity contribution >= 4 is 5.91 Å². The molecule has 1 atom stereocenters. The molecule has 3 fully saturated rings. The minimum Gasteiger partial charge on any atom is -0.389 e. The number of nitrogens with one attached hydrogen (secondary N) is 1. The summed E-state index contributed by atoms with van der Waals surface area (Å²) in [5, 5.41) is 13.6. The average Bonchev–Trinajstić information content (AvgIpc) is 2.94. The minimum absolute atomic E-state index is 0.0555. The van der Waals surface area contributed by atoms with E-state index in [1.807, 2.05) is 0 Å². The number of hydrogen-bond acceptors (Lipinski definition) is 3. The highest BCUT2D eigenvalue weighted by Crippen LogP contribution is 2.32. The van der Waals surface area contributed by atoms with Gasteiger partial charge in [-0.2, -0.15) is 0 Å². The standard InChI is InChI=1S/C18H32N2O2/c21-17(13-18(22)10-4-5-11-18)19-15-7-6-12-20(14-15)16-8-2-1-3-9-16/h15-16,22H,1-14H2,(H,19,21). The van der Waals surface area contributed by atoms with E-state index in [4.69, 9.17) is 0 Å². The second-order valence-electron chi connectivity index (χ2n) is 7.80. The molecule has 0 bridgehead atoms. The molecular formula is C18H32N2O2. The Morgan fingerprint density at radius 2 is 1.77 bits per heavy atom. The van der Waals surface area contributed by atoms with E-state index in [1.54, 1.807) is 0 Å². The van der Waals surface area contributed by atoms with Gasteiger partial charge < -0.3 is 10.4 Å². The topological polar surface area (TPSA) is 52.6 Å². The molecule has 3 aliphatic rings. The van der Waals surface area contributed by atoms with Crippen LogP contribution in [0.3, 0.4) is 0 Å². The number of amides is 1. The molecule has 126 valence electrons. The second-order valence-corrected chi connectivity index (χ2v) is 7.80. The van der Waals surface area contributed by atoms with Crippen LogP contribution < -0.4 is 5.32 Å². The Morgan fingerprint density at radius 1 is 1.05 bits per heavy atom. The highest BCUT2D eigenvalue weighted by Gasteiger charge is 2.34. The fourth-order valence-electron chi connectivity index (χ4n) is 4.69. The lowest BCUT2D eigenvalue weighted by atomic mass is 9.92. The zero-order chi connectivity index (χ0) is 15.4. The zero-order valence-corrected chi connectivity index (χ0v) is 13.9. The lowest BCUT2D eigenvalue weighted by Gasteiger charge is -2.40. The van der Waals surface area contributed by atoms with Crippen LogP contribution in [-0.4, -0.2) is 46.7 Å². The van der Waals surface area contributed by atoms with Crippen LogP contribution in [0.25, 0.3) is 0 Å². The van der Waals surface area contributed by atoms with Crippen LogP contribution >= 0.6 is 0 Å². The monoisotopic (exact) mass is 308 g/mol. The number of piperidine rings is 1. The maximum absolute atomic E-state index is 12.3. The SMILES string of the molecule is O=C(CC1(O)CCCC1)NC1CCCN(C2CCCCC2)C1. The van der Waals surface area contributed by atoms with Crippen LogP contribution in [0, 0.1) is 0 Å². The molecule has 2 saturated carbocycles. The van der Waals surface area contributed by atoms with Gasteiger partial charge >= 0.3 is 0 Å². The number of rotatable bonds is 4. The molecule has 0 aromatic heterocycles. The van der Waals surface area contributed by atoms with Gasteiger partial charge in [-0.25, -0.2) is 0 Å². The van der Waals surface area contributed by atoms with Crippen molar-refractivity contribution in [1.82, 2.24) is 10.2 Å². The van der Waals surface area contributed by atoms with Crippen molar-refractivity contribution in [2.75, 3.05) is 13.1 Å². The van der Waals surface area contributed by atoms with Crippen LogP contribution in [-0.2, 0) is 4.79 Å². The van der Waals surface area contributed by atoms with Gasteiger partial charge in [-0.1, -0.05) is 32.1 Å². The second kappa shape index (κ2) is 7.31. The van der Waals surface area contributed by atoms with E-state index in [1.165, 1.54) is 45.1 Å². The molecule has 0 spiro atoms. The Morgan fingerprint density at radius 3 is 2.50 bits per heavy atom. The van der Waals surface area contributed by atoms with E-state index in [2.05, 4.69) is 10.2 Å². The lowest BCUT2D eigenvalue weighted by Crippen LogP contribution is -2.52. The van der Waals surface area contributed by atoms with Gasteiger partial charge in [0.05, 0.1) is 12.0 Å². The number of nitrogens with zero attached hydrogens (tertiary/aromatic N) is 1. The quantitative estimate of drug-likeness (QED) is 0.839. The van der Waals surface area contributed by atoms with Crippen LogP contribution in [0.5, 0.6) is 0 Å². The summed E-state index contributed by atoms with van der Waals surface area (Å²) in [4.78, 5) is 14.9. The molecule has 4 nitrogen and oxygen atoms in total. The predicted molar refractivity (Wildman–Crippen MR) is 87.6 cm³/mol. The van der Waals surface area contributed by atoms with Gasteiger partial charge in [0.2, 0.25) is 5.91 Å². The van der Waals surface area contributed by atoms with Gasteiger partial charge in [-0.15, -0.1) is 0 Å². The number of carbonyl (C=O) groups excluding carboxylic acids is 1. The van der Waals surface area contributed by atoms with E-state index in [9.17, 15) is 9.90 Å². The molecule has 1 heterocycles. The third-order valence-electron chi connectivity index (χ3n) is 5.93. The van der Waals surface area contributed by atoms with Crippen molar-refractivity contribution in [3.05, 3.63) is 0 Å². The van der Waals surface area contributed by atoms with E-state index in [-0.39, 0.29) is 11.9 Å². The maximum atomic E-state index is 12.3. The molecule has 2 aliphatic carbocycles. The normalized spacial score (nSPS) is 30.3. The summed E-state index contributed by atoms with van der Waals surface area (Å²) < 4.78 is 0. The fourth-order valence-corrected chi connectivity index (χ4v) is 4.69. The number of aliphatic hydroxyl groups is 1. The molecule has 0 aromatic rings. The molecule has 1 aliphatic heterocycles. The Kier molecular flexibility index (Phi) is 5.40. The summed E-state index contributed by atoms with van der Waals surface area (Å²) in [5.41, 5.74) is -0.720. The first kappa shape index (κ1) is 16.3. The van der Waals surface area contributed by atoms with E-state index in [0.29, 0.717) is 6.42 Å². The van der Waals surface area contributed by atoms with Crippen molar-refractivity contribution in [1.29, 1.82) is 0 Å². The van der Waals surface area contributed by atoms with Crippen LogP contribution in [0.2, 0.25) is 0 Å². The molecule has 1 saturated heterocycles. The van der Waals surface area contributed by atoms with Gasteiger partial charge in [0.25, 0.3) is 0 Å². The Hall–Kier alpha value is -0.610. The predicted octanol–water partition coefficient (Wildman–Crippen LogP) is 2.59. The van der Waals surface area contributed by atoms with Crippen LogP contribution in [0.1, 0.15) is 77.0 Å². The minimum atomic E-state index is -0.720. The molecule has 2 N–H and O–H groups in total. The van der Waals surface area contributed by atoms with Gasteiger partial charge in [0.1, 0.15) is 0 Å². The molecule has 22 heavy (non-hydrogen) atoms. The smallest absolute Gasteiger partial charge is 0.223 e. The highest BCUT2D eigenvalue weighted by atomic mass is 16.3.